The second-order valence-electron chi connectivity index (χ2n) is 4.99. The number of methoxy groups -OCH3 is 1. The monoisotopic (exact) mass is 290 g/mol. The van der Waals surface area contributed by atoms with E-state index < -0.39 is 0 Å². The summed E-state index contributed by atoms with van der Waals surface area (Å²) in [5, 5.41) is 0. The fourth-order valence-corrected chi connectivity index (χ4v) is 2.37. The van der Waals surface area contributed by atoms with Crippen molar-refractivity contribution in [3.63, 3.8) is 0 Å². The highest BCUT2D eigenvalue weighted by Crippen LogP contribution is 2.29. The first kappa shape index (κ1) is 14.2. The van der Waals surface area contributed by atoms with E-state index in [0.29, 0.717) is 0 Å². The van der Waals surface area contributed by atoms with Crippen LogP contribution in [0.25, 0.3) is 0 Å². The summed E-state index contributed by atoms with van der Waals surface area (Å²) in [6, 6.07) is 28.2. The minimum absolute atomic E-state index is 0.129. The predicted octanol–water partition coefficient (Wildman–Crippen LogP) is 4.86. The standard InChI is InChI=1S/C20H18O2/c1-21-18-12-14-19(15-13-18)22-20(16-8-4-2-5-9-16)17-10-6-3-7-11-17/h2-15,20H,1H3. The Hall–Kier alpha value is -2.74. The van der Waals surface area contributed by atoms with Crippen molar-refractivity contribution in [1.29, 1.82) is 0 Å². The fraction of sp³-hybridized carbons (Fsp3) is 0.100. The van der Waals surface area contributed by atoms with Gasteiger partial charge in [-0.1, -0.05) is 60.7 Å². The van der Waals surface area contributed by atoms with Crippen LogP contribution in [0.5, 0.6) is 11.5 Å². The van der Waals surface area contributed by atoms with Gasteiger partial charge in [0.05, 0.1) is 7.11 Å². The molecule has 3 aromatic carbocycles. The zero-order valence-electron chi connectivity index (χ0n) is 12.5. The van der Waals surface area contributed by atoms with Crippen molar-refractivity contribution in [1.82, 2.24) is 0 Å². The van der Waals surface area contributed by atoms with Gasteiger partial charge in [-0.25, -0.2) is 0 Å². The van der Waals surface area contributed by atoms with E-state index in [1.807, 2.05) is 60.7 Å². The lowest BCUT2D eigenvalue weighted by molar-refractivity contribution is 0.247. The highest BCUT2D eigenvalue weighted by Gasteiger charge is 2.15. The van der Waals surface area contributed by atoms with Gasteiger partial charge in [0.25, 0.3) is 0 Å². The zero-order chi connectivity index (χ0) is 15.2. The van der Waals surface area contributed by atoms with Gasteiger partial charge in [-0.3, -0.25) is 0 Å². The second-order valence-corrected chi connectivity index (χ2v) is 4.99. The van der Waals surface area contributed by atoms with E-state index in [9.17, 15) is 0 Å². The Bertz CT molecular complexity index is 651. The van der Waals surface area contributed by atoms with Crippen LogP contribution in [-0.2, 0) is 0 Å². The molecule has 3 rings (SSSR count). The summed E-state index contributed by atoms with van der Waals surface area (Å²) >= 11 is 0. The molecule has 2 nitrogen and oxygen atoms in total. The van der Waals surface area contributed by atoms with Gasteiger partial charge >= 0.3 is 0 Å². The molecule has 22 heavy (non-hydrogen) atoms. The predicted molar refractivity (Wildman–Crippen MR) is 88.3 cm³/mol. The molecule has 0 heterocycles. The molecule has 110 valence electrons. The molecule has 3 aromatic rings. The van der Waals surface area contributed by atoms with Crippen molar-refractivity contribution >= 4 is 0 Å². The minimum atomic E-state index is -0.129. The van der Waals surface area contributed by atoms with Gasteiger partial charge in [0.1, 0.15) is 17.6 Å². The Morgan fingerprint density at radius 3 is 1.50 bits per heavy atom. The summed E-state index contributed by atoms with van der Waals surface area (Å²) < 4.78 is 11.4. The smallest absolute Gasteiger partial charge is 0.149 e. The maximum Gasteiger partial charge on any atom is 0.149 e. The summed E-state index contributed by atoms with van der Waals surface area (Å²) in [6.07, 6.45) is -0.129. The molecule has 0 saturated carbocycles. The van der Waals surface area contributed by atoms with Gasteiger partial charge in [-0.15, -0.1) is 0 Å². The Kier molecular flexibility index (Phi) is 4.40. The first-order valence-electron chi connectivity index (χ1n) is 7.27. The first-order chi connectivity index (χ1) is 10.9. The van der Waals surface area contributed by atoms with E-state index in [1.165, 1.54) is 0 Å². The quantitative estimate of drug-likeness (QED) is 0.668. The molecule has 0 aliphatic heterocycles. The van der Waals surface area contributed by atoms with Crippen LogP contribution in [0.1, 0.15) is 17.2 Å². The van der Waals surface area contributed by atoms with Crippen LogP contribution in [0.4, 0.5) is 0 Å². The third-order valence-electron chi connectivity index (χ3n) is 3.52. The van der Waals surface area contributed by atoms with Crippen LogP contribution < -0.4 is 9.47 Å². The van der Waals surface area contributed by atoms with E-state index in [0.717, 1.165) is 22.6 Å². The van der Waals surface area contributed by atoms with Crippen LogP contribution in [-0.4, -0.2) is 7.11 Å². The number of benzene rings is 3. The van der Waals surface area contributed by atoms with E-state index in [4.69, 9.17) is 9.47 Å². The topological polar surface area (TPSA) is 18.5 Å². The minimum Gasteiger partial charge on any atom is -0.497 e. The highest BCUT2D eigenvalue weighted by molar-refractivity contribution is 5.35. The summed E-state index contributed by atoms with van der Waals surface area (Å²) in [5.41, 5.74) is 2.26. The summed E-state index contributed by atoms with van der Waals surface area (Å²) in [4.78, 5) is 0. The van der Waals surface area contributed by atoms with Crippen molar-refractivity contribution in [2.75, 3.05) is 7.11 Å². The number of rotatable bonds is 5. The van der Waals surface area contributed by atoms with Gasteiger partial charge in [0.2, 0.25) is 0 Å². The van der Waals surface area contributed by atoms with Crippen LogP contribution in [0.15, 0.2) is 84.9 Å². The van der Waals surface area contributed by atoms with E-state index in [-0.39, 0.29) is 6.10 Å². The largest absolute Gasteiger partial charge is 0.497 e. The van der Waals surface area contributed by atoms with Crippen molar-refractivity contribution < 1.29 is 9.47 Å². The van der Waals surface area contributed by atoms with Crippen molar-refractivity contribution in [2.24, 2.45) is 0 Å². The van der Waals surface area contributed by atoms with Gasteiger partial charge in [0.15, 0.2) is 0 Å². The lowest BCUT2D eigenvalue weighted by Gasteiger charge is -2.20. The molecule has 0 radical (unpaired) electrons. The second kappa shape index (κ2) is 6.81. The zero-order valence-corrected chi connectivity index (χ0v) is 12.5. The maximum atomic E-state index is 6.23. The first-order valence-corrected chi connectivity index (χ1v) is 7.27. The molecule has 0 bridgehead atoms. The molecule has 0 aliphatic rings. The number of hydrogen-bond acceptors (Lipinski definition) is 2. The number of ether oxygens (including phenoxy) is 2. The van der Waals surface area contributed by atoms with E-state index >= 15 is 0 Å². The van der Waals surface area contributed by atoms with E-state index in [1.54, 1.807) is 7.11 Å². The van der Waals surface area contributed by atoms with Crippen LogP contribution in [0.3, 0.4) is 0 Å². The Morgan fingerprint density at radius 1 is 0.591 bits per heavy atom. The summed E-state index contributed by atoms with van der Waals surface area (Å²) in [7, 11) is 1.66. The molecule has 2 heteroatoms. The molecule has 0 aliphatic carbocycles. The number of hydrogen-bond donors (Lipinski definition) is 0. The Balaban J connectivity index is 1.91. The van der Waals surface area contributed by atoms with Crippen LogP contribution in [0.2, 0.25) is 0 Å². The average molecular weight is 290 g/mol. The van der Waals surface area contributed by atoms with Gasteiger partial charge in [0, 0.05) is 0 Å². The van der Waals surface area contributed by atoms with Gasteiger partial charge < -0.3 is 9.47 Å². The van der Waals surface area contributed by atoms with E-state index in [2.05, 4.69) is 24.3 Å². The Labute approximate surface area is 131 Å². The van der Waals surface area contributed by atoms with Gasteiger partial charge in [-0.2, -0.15) is 0 Å². The lowest BCUT2D eigenvalue weighted by atomic mass is 10.0. The third-order valence-corrected chi connectivity index (χ3v) is 3.52. The van der Waals surface area contributed by atoms with Crippen molar-refractivity contribution in [2.45, 2.75) is 6.10 Å². The van der Waals surface area contributed by atoms with Crippen molar-refractivity contribution in [3.8, 4) is 11.5 Å². The maximum absolute atomic E-state index is 6.23. The Morgan fingerprint density at radius 2 is 1.05 bits per heavy atom. The molecular formula is C20H18O2. The molecule has 0 atom stereocenters. The van der Waals surface area contributed by atoms with Crippen molar-refractivity contribution in [3.05, 3.63) is 96.1 Å². The summed E-state index contributed by atoms with van der Waals surface area (Å²) in [6.45, 7) is 0. The molecule has 0 N–H and O–H groups in total. The molecular weight excluding hydrogens is 272 g/mol. The highest BCUT2D eigenvalue weighted by atomic mass is 16.5. The van der Waals surface area contributed by atoms with Gasteiger partial charge in [-0.05, 0) is 35.4 Å². The average Bonchev–Trinajstić information content (AvgIpc) is 2.62. The molecule has 0 saturated heterocycles. The molecule has 0 unspecified atom stereocenters. The lowest BCUT2D eigenvalue weighted by Crippen LogP contribution is -2.09. The molecule has 0 spiro atoms. The molecule has 0 aromatic heterocycles. The SMILES string of the molecule is COc1ccc(OC(c2ccccc2)c2ccccc2)cc1. The molecule has 0 fully saturated rings. The van der Waals surface area contributed by atoms with Crippen LogP contribution >= 0.6 is 0 Å². The third kappa shape index (κ3) is 3.29. The normalized spacial score (nSPS) is 10.5. The molecule has 0 amide bonds. The fourth-order valence-electron chi connectivity index (χ4n) is 2.37. The van der Waals surface area contributed by atoms with Crippen LogP contribution in [0, 0.1) is 0 Å². The summed E-state index contributed by atoms with van der Waals surface area (Å²) in [5.74, 6) is 1.64.